The van der Waals surface area contributed by atoms with Crippen molar-refractivity contribution in [2.24, 2.45) is 4.52 Å². The van der Waals surface area contributed by atoms with Gasteiger partial charge in [-0.1, -0.05) is 39.8 Å². The van der Waals surface area contributed by atoms with Crippen molar-refractivity contribution in [3.05, 3.63) is 82.2 Å². The van der Waals surface area contributed by atoms with Gasteiger partial charge in [0.15, 0.2) is 5.75 Å². The number of aromatic hydroxyl groups is 1. The number of phenolic OH excluding ortho intramolecular Hbond substituents is 1. The summed E-state index contributed by atoms with van der Waals surface area (Å²) in [5.41, 5.74) is 10.4. The number of anilines is 1. The van der Waals surface area contributed by atoms with Gasteiger partial charge in [-0.25, -0.2) is 13.2 Å². The molecule has 0 bridgehead atoms. The summed E-state index contributed by atoms with van der Waals surface area (Å²) in [6, 6.07) is 15.6. The van der Waals surface area contributed by atoms with Crippen LogP contribution in [0.4, 0.5) is 10.5 Å². The second kappa shape index (κ2) is 14.3. The molecule has 0 saturated carbocycles. The number of ether oxygens (including phenoxy) is 3. The molecule has 3 aromatic carbocycles. The van der Waals surface area contributed by atoms with Gasteiger partial charge in [0.25, 0.3) is 10.0 Å². The molecule has 11 nitrogen and oxygen atoms in total. The standard InChI is InChI=1S/C29H34N4O7S/c1-5-19(3)24-17-22(18-25(28(24)34)20(4)6-2)38-15-16-39-29(35)31-26-9-7-8-10-27(26)40-21-11-13-23(14-12-21)41(36,37)33-32-30/h7-14,17-20,34H,5-6,15-16H2,1-4H3,(H,31,35). The number of para-hydroxylation sites is 2. The van der Waals surface area contributed by atoms with Gasteiger partial charge in [-0.3, -0.25) is 5.32 Å². The Morgan fingerprint density at radius 2 is 1.59 bits per heavy atom. The third-order valence-corrected chi connectivity index (χ3v) is 7.79. The Morgan fingerprint density at radius 3 is 2.17 bits per heavy atom. The van der Waals surface area contributed by atoms with Crippen molar-refractivity contribution in [2.45, 2.75) is 57.3 Å². The Bertz CT molecular complexity index is 1470. The highest BCUT2D eigenvalue weighted by Gasteiger charge is 2.19. The number of hydrogen-bond donors (Lipinski definition) is 2. The van der Waals surface area contributed by atoms with E-state index >= 15 is 0 Å². The van der Waals surface area contributed by atoms with Crippen molar-refractivity contribution < 1.29 is 32.5 Å². The lowest BCUT2D eigenvalue weighted by molar-refractivity contribution is 0.137. The van der Waals surface area contributed by atoms with E-state index in [-0.39, 0.29) is 29.9 Å². The molecule has 1 amide bonds. The number of sulfonamides is 1. The van der Waals surface area contributed by atoms with Crippen molar-refractivity contribution in [3.63, 3.8) is 0 Å². The first-order chi connectivity index (χ1) is 19.6. The highest BCUT2D eigenvalue weighted by Crippen LogP contribution is 2.39. The summed E-state index contributed by atoms with van der Waals surface area (Å²) < 4.78 is 43.4. The zero-order chi connectivity index (χ0) is 30.0. The van der Waals surface area contributed by atoms with Crippen LogP contribution in [0.5, 0.6) is 23.0 Å². The number of rotatable bonds is 13. The average molecular weight is 583 g/mol. The molecule has 0 aliphatic carbocycles. The Morgan fingerprint density at radius 1 is 0.976 bits per heavy atom. The van der Waals surface area contributed by atoms with Gasteiger partial charge >= 0.3 is 6.09 Å². The molecule has 0 saturated heterocycles. The normalized spacial score (nSPS) is 12.5. The monoisotopic (exact) mass is 582 g/mol. The summed E-state index contributed by atoms with van der Waals surface area (Å²) in [4.78, 5) is 14.6. The first-order valence-corrected chi connectivity index (χ1v) is 14.6. The van der Waals surface area contributed by atoms with Gasteiger partial charge < -0.3 is 19.3 Å². The molecule has 0 radical (unpaired) electrons. The molecule has 12 heteroatoms. The third-order valence-electron chi connectivity index (χ3n) is 6.63. The zero-order valence-corrected chi connectivity index (χ0v) is 24.2. The average Bonchev–Trinajstić information content (AvgIpc) is 2.96. The molecule has 0 aromatic heterocycles. The van der Waals surface area contributed by atoms with Crippen LogP contribution < -0.4 is 14.8 Å². The lowest BCUT2D eigenvalue weighted by atomic mass is 9.90. The van der Waals surface area contributed by atoms with E-state index in [1.807, 2.05) is 12.1 Å². The fraction of sp³-hybridized carbons (Fsp3) is 0.345. The van der Waals surface area contributed by atoms with Gasteiger partial charge in [0.05, 0.1) is 10.6 Å². The molecule has 0 fully saturated rings. The molecule has 218 valence electrons. The van der Waals surface area contributed by atoms with Gasteiger partial charge in [-0.05, 0) is 78.7 Å². The number of hydrogen-bond acceptors (Lipinski definition) is 7. The molecular formula is C29H34N4O7S. The van der Waals surface area contributed by atoms with Crippen LogP contribution in [0.3, 0.4) is 0 Å². The van der Waals surface area contributed by atoms with Crippen LogP contribution in [-0.2, 0) is 14.8 Å². The minimum atomic E-state index is -4.11. The SMILES string of the molecule is CCC(C)c1cc(OCCOC(=O)Nc2ccccc2Oc2ccc(S(=O)(=O)N=[N+]=[N-])cc2)cc(C(C)CC)c1O. The molecule has 0 aliphatic rings. The predicted octanol–water partition coefficient (Wildman–Crippen LogP) is 7.84. The van der Waals surface area contributed by atoms with Crippen LogP contribution in [0, 0.1) is 0 Å². The van der Waals surface area contributed by atoms with Crippen molar-refractivity contribution >= 4 is 21.8 Å². The predicted molar refractivity (Wildman–Crippen MR) is 155 cm³/mol. The van der Waals surface area contributed by atoms with E-state index in [4.69, 9.17) is 19.7 Å². The summed E-state index contributed by atoms with van der Waals surface area (Å²) >= 11 is 0. The molecule has 2 unspecified atom stereocenters. The molecule has 0 aliphatic heterocycles. The fourth-order valence-corrected chi connectivity index (χ4v) is 4.60. The number of nitrogens with zero attached hydrogens (tertiary/aromatic N) is 3. The number of nitrogens with one attached hydrogen (secondary N) is 1. The molecule has 3 aromatic rings. The van der Waals surface area contributed by atoms with Gasteiger partial charge in [0, 0.05) is 20.6 Å². The Hall–Kier alpha value is -4.41. The molecule has 41 heavy (non-hydrogen) atoms. The van der Waals surface area contributed by atoms with Crippen molar-refractivity contribution in [1.29, 1.82) is 0 Å². The van der Waals surface area contributed by atoms with Crippen molar-refractivity contribution in [2.75, 3.05) is 18.5 Å². The summed E-state index contributed by atoms with van der Waals surface area (Å²) in [6.07, 6.45) is 1.03. The first kappa shape index (κ1) is 31.1. The highest BCUT2D eigenvalue weighted by molar-refractivity contribution is 7.90. The van der Waals surface area contributed by atoms with Gasteiger partial charge in [0.1, 0.15) is 30.5 Å². The van der Waals surface area contributed by atoms with E-state index in [0.29, 0.717) is 28.7 Å². The van der Waals surface area contributed by atoms with Crippen LogP contribution in [0.15, 0.2) is 70.1 Å². The second-order valence-electron chi connectivity index (χ2n) is 9.39. The van der Waals surface area contributed by atoms with Crippen LogP contribution in [0.2, 0.25) is 0 Å². The minimum Gasteiger partial charge on any atom is -0.507 e. The zero-order valence-electron chi connectivity index (χ0n) is 23.4. The van der Waals surface area contributed by atoms with Crippen LogP contribution >= 0.6 is 0 Å². The first-order valence-electron chi connectivity index (χ1n) is 13.2. The smallest absolute Gasteiger partial charge is 0.411 e. The fourth-order valence-electron chi connectivity index (χ4n) is 3.93. The minimum absolute atomic E-state index is 0.0197. The maximum atomic E-state index is 12.5. The molecule has 2 N–H and O–H groups in total. The second-order valence-corrected chi connectivity index (χ2v) is 11.0. The quantitative estimate of drug-likeness (QED) is 0.0898. The van der Waals surface area contributed by atoms with E-state index < -0.39 is 16.1 Å². The van der Waals surface area contributed by atoms with Gasteiger partial charge in [0.2, 0.25) is 0 Å². The highest BCUT2D eigenvalue weighted by atomic mass is 32.2. The van der Waals surface area contributed by atoms with Crippen molar-refractivity contribution in [1.82, 2.24) is 0 Å². The molecule has 0 spiro atoms. The number of benzene rings is 3. The maximum absolute atomic E-state index is 12.5. The van der Waals surface area contributed by atoms with E-state index in [2.05, 4.69) is 42.4 Å². The van der Waals surface area contributed by atoms with Gasteiger partial charge in [-0.15, -0.1) is 0 Å². The lowest BCUT2D eigenvalue weighted by Gasteiger charge is -2.20. The number of phenols is 1. The van der Waals surface area contributed by atoms with Gasteiger partial charge in [-0.2, -0.15) is 0 Å². The summed E-state index contributed by atoms with van der Waals surface area (Å²) in [5, 5.41) is 13.4. The van der Waals surface area contributed by atoms with E-state index in [1.165, 1.54) is 24.3 Å². The van der Waals surface area contributed by atoms with Crippen LogP contribution in [-0.4, -0.2) is 32.8 Å². The maximum Gasteiger partial charge on any atom is 0.411 e. The Labute approximate surface area is 239 Å². The third kappa shape index (κ3) is 8.29. The molecular weight excluding hydrogens is 548 g/mol. The van der Waals surface area contributed by atoms with Crippen LogP contribution in [0.1, 0.15) is 63.5 Å². The van der Waals surface area contributed by atoms with Crippen LogP contribution in [0.25, 0.3) is 10.4 Å². The van der Waals surface area contributed by atoms with E-state index in [9.17, 15) is 18.3 Å². The summed E-state index contributed by atoms with van der Waals surface area (Å²) in [7, 11) is -4.11. The summed E-state index contributed by atoms with van der Waals surface area (Å²) in [6.45, 7) is 8.33. The van der Waals surface area contributed by atoms with Crippen molar-refractivity contribution in [3.8, 4) is 23.0 Å². The molecule has 0 heterocycles. The van der Waals surface area contributed by atoms with E-state index in [0.717, 1.165) is 24.0 Å². The number of carbonyl (C=O) groups excluding carboxylic acids is 1. The molecule has 3 rings (SSSR count). The Kier molecular flexibility index (Phi) is 10.8. The lowest BCUT2D eigenvalue weighted by Crippen LogP contribution is -2.18. The number of carbonyl (C=O) groups is 1. The molecule has 2 atom stereocenters. The Balaban J connectivity index is 1.60. The largest absolute Gasteiger partial charge is 0.507 e. The summed E-state index contributed by atoms with van der Waals surface area (Å²) in [5.74, 6) is 1.83. The number of azide groups is 1. The van der Waals surface area contributed by atoms with E-state index in [1.54, 1.807) is 24.3 Å². The number of amides is 1. The topological polar surface area (TPSA) is 160 Å².